The summed E-state index contributed by atoms with van der Waals surface area (Å²) in [5.74, 6) is 1.67. The van der Waals surface area contributed by atoms with Crippen LogP contribution in [0.15, 0.2) is 30.5 Å². The van der Waals surface area contributed by atoms with Crippen molar-refractivity contribution >= 4 is 33.7 Å². The van der Waals surface area contributed by atoms with E-state index < -0.39 is 0 Å². The molecule has 1 unspecified atom stereocenters. The molecular weight excluding hydrogens is 366 g/mol. The molecule has 1 atom stereocenters. The first kappa shape index (κ1) is 17.7. The van der Waals surface area contributed by atoms with Crippen LogP contribution in [0.1, 0.15) is 32.0 Å². The molecule has 4 aromatic rings. The van der Waals surface area contributed by atoms with Crippen LogP contribution in [0.25, 0.3) is 33.2 Å². The van der Waals surface area contributed by atoms with E-state index in [0.717, 1.165) is 46.5 Å². The predicted octanol–water partition coefficient (Wildman–Crippen LogP) is 3.06. The number of amides is 1. The topological polar surface area (TPSA) is 117 Å². The van der Waals surface area contributed by atoms with Crippen LogP contribution in [0.2, 0.25) is 0 Å². The Hall–Kier alpha value is -3.42. The minimum Gasteiger partial charge on any atom is -0.382 e. The number of likely N-dealkylation sites (tertiary alicyclic amines) is 1. The molecule has 148 valence electrons. The monoisotopic (exact) mass is 389 g/mol. The summed E-state index contributed by atoms with van der Waals surface area (Å²) in [6, 6.07) is 7.95. The molecular formula is C21H23N7O. The quantitative estimate of drug-likeness (QED) is 0.498. The maximum Gasteiger partial charge on any atom is 0.225 e. The average Bonchev–Trinajstić information content (AvgIpc) is 3.47. The van der Waals surface area contributed by atoms with Gasteiger partial charge in [0.1, 0.15) is 11.3 Å². The Kier molecular flexibility index (Phi) is 4.01. The number of benzene rings is 1. The van der Waals surface area contributed by atoms with E-state index in [4.69, 9.17) is 10.7 Å². The molecule has 8 heteroatoms. The molecule has 1 aliphatic heterocycles. The lowest BCUT2D eigenvalue weighted by Crippen LogP contribution is -2.32. The molecule has 4 heterocycles. The second-order valence-electron chi connectivity index (χ2n) is 7.96. The van der Waals surface area contributed by atoms with E-state index in [1.165, 1.54) is 0 Å². The number of H-pyrrole nitrogens is 2. The Morgan fingerprint density at radius 3 is 2.90 bits per heavy atom. The predicted molar refractivity (Wildman–Crippen MR) is 112 cm³/mol. The Bertz CT molecular complexity index is 1210. The molecule has 5 rings (SSSR count). The fraction of sp³-hybridized carbons (Fsp3) is 0.333. The second-order valence-corrected chi connectivity index (χ2v) is 7.96. The molecule has 1 amide bonds. The number of nitrogen functional groups attached to an aromatic ring is 1. The lowest BCUT2D eigenvalue weighted by molar-refractivity contribution is -0.133. The van der Waals surface area contributed by atoms with Crippen molar-refractivity contribution in [1.82, 2.24) is 30.0 Å². The minimum atomic E-state index is 0.0110. The summed E-state index contributed by atoms with van der Waals surface area (Å²) in [7, 11) is 0. The first-order chi connectivity index (χ1) is 14.0. The van der Waals surface area contributed by atoms with Crippen LogP contribution in [0.4, 0.5) is 5.82 Å². The van der Waals surface area contributed by atoms with E-state index in [1.54, 1.807) is 6.20 Å². The molecule has 1 aliphatic rings. The van der Waals surface area contributed by atoms with E-state index in [-0.39, 0.29) is 17.7 Å². The van der Waals surface area contributed by atoms with Gasteiger partial charge in [0, 0.05) is 42.1 Å². The number of aromatic amines is 2. The largest absolute Gasteiger partial charge is 0.382 e. The summed E-state index contributed by atoms with van der Waals surface area (Å²) < 4.78 is 0. The zero-order chi connectivity index (χ0) is 20.1. The summed E-state index contributed by atoms with van der Waals surface area (Å²) in [5, 5.41) is 8.04. The van der Waals surface area contributed by atoms with E-state index in [1.807, 2.05) is 43.0 Å². The Balaban J connectivity index is 1.54. The highest BCUT2D eigenvalue weighted by Crippen LogP contribution is 2.33. The molecule has 0 radical (unpaired) electrons. The van der Waals surface area contributed by atoms with Crippen molar-refractivity contribution < 1.29 is 4.79 Å². The summed E-state index contributed by atoms with van der Waals surface area (Å²) in [6.07, 6.45) is 2.69. The number of rotatable bonds is 3. The van der Waals surface area contributed by atoms with Gasteiger partial charge in [-0.2, -0.15) is 5.10 Å². The van der Waals surface area contributed by atoms with Gasteiger partial charge in [0.15, 0.2) is 5.82 Å². The molecule has 0 spiro atoms. The van der Waals surface area contributed by atoms with Gasteiger partial charge in [-0.15, -0.1) is 0 Å². The summed E-state index contributed by atoms with van der Waals surface area (Å²) in [6.45, 7) is 5.32. The number of imidazole rings is 1. The third-order valence-electron chi connectivity index (χ3n) is 5.65. The van der Waals surface area contributed by atoms with Gasteiger partial charge in [0.2, 0.25) is 5.91 Å². The number of hydrogen-bond donors (Lipinski definition) is 3. The molecule has 0 saturated carbocycles. The highest BCUT2D eigenvalue weighted by Gasteiger charge is 2.30. The number of carbonyl (C=O) groups is 1. The van der Waals surface area contributed by atoms with Crippen LogP contribution in [0.3, 0.4) is 0 Å². The smallest absolute Gasteiger partial charge is 0.225 e. The Morgan fingerprint density at radius 2 is 2.14 bits per heavy atom. The number of hydrogen-bond acceptors (Lipinski definition) is 5. The number of carbonyl (C=O) groups excluding carboxylic acids is 1. The van der Waals surface area contributed by atoms with Crippen LogP contribution >= 0.6 is 0 Å². The number of fused-ring (bicyclic) bond motifs is 3. The molecule has 0 bridgehead atoms. The van der Waals surface area contributed by atoms with Crippen LogP contribution in [-0.4, -0.2) is 49.0 Å². The first-order valence-corrected chi connectivity index (χ1v) is 9.89. The SMILES string of the molecule is CC(C)C(=O)N1CCC(c2nc3c(N)nc4cc(-c5cc[nH]n5)ccc4c3[nH]2)C1. The number of nitrogens with two attached hydrogens (primary N) is 1. The Labute approximate surface area is 167 Å². The summed E-state index contributed by atoms with van der Waals surface area (Å²) >= 11 is 0. The van der Waals surface area contributed by atoms with Gasteiger partial charge >= 0.3 is 0 Å². The van der Waals surface area contributed by atoms with Crippen molar-refractivity contribution in [3.05, 3.63) is 36.3 Å². The van der Waals surface area contributed by atoms with Crippen molar-refractivity contribution in [2.24, 2.45) is 5.92 Å². The van der Waals surface area contributed by atoms with Crippen LogP contribution in [0.5, 0.6) is 0 Å². The lowest BCUT2D eigenvalue weighted by Gasteiger charge is -2.18. The third-order valence-corrected chi connectivity index (χ3v) is 5.65. The lowest BCUT2D eigenvalue weighted by atomic mass is 10.1. The molecule has 1 aromatic carbocycles. The molecule has 1 fully saturated rings. The fourth-order valence-corrected chi connectivity index (χ4v) is 4.11. The Morgan fingerprint density at radius 1 is 1.28 bits per heavy atom. The number of nitrogens with zero attached hydrogens (tertiary/aromatic N) is 4. The summed E-state index contributed by atoms with van der Waals surface area (Å²) in [4.78, 5) is 27.0. The van der Waals surface area contributed by atoms with Gasteiger partial charge < -0.3 is 15.6 Å². The van der Waals surface area contributed by atoms with Gasteiger partial charge in [-0.3, -0.25) is 9.89 Å². The number of aromatic nitrogens is 5. The zero-order valence-corrected chi connectivity index (χ0v) is 16.4. The maximum atomic E-state index is 12.3. The summed E-state index contributed by atoms with van der Waals surface area (Å²) in [5.41, 5.74) is 10.5. The molecule has 4 N–H and O–H groups in total. The molecule has 0 aliphatic carbocycles. The van der Waals surface area contributed by atoms with Gasteiger partial charge in [0.05, 0.1) is 16.7 Å². The second kappa shape index (κ2) is 6.58. The van der Waals surface area contributed by atoms with Crippen molar-refractivity contribution in [2.45, 2.75) is 26.2 Å². The normalized spacial score (nSPS) is 17.1. The number of pyridine rings is 1. The van der Waals surface area contributed by atoms with Crippen LogP contribution in [0, 0.1) is 5.92 Å². The molecule has 8 nitrogen and oxygen atoms in total. The van der Waals surface area contributed by atoms with E-state index >= 15 is 0 Å². The van der Waals surface area contributed by atoms with Crippen LogP contribution < -0.4 is 5.73 Å². The van der Waals surface area contributed by atoms with Gasteiger partial charge in [-0.1, -0.05) is 19.9 Å². The first-order valence-electron chi connectivity index (χ1n) is 9.89. The van der Waals surface area contributed by atoms with E-state index in [2.05, 4.69) is 20.2 Å². The van der Waals surface area contributed by atoms with Gasteiger partial charge in [0.25, 0.3) is 0 Å². The standard InChI is InChI=1S/C21H23N7O/c1-11(2)21(29)28-8-6-13(10-28)20-25-17-14-4-3-12(15-5-7-23-27-15)9-16(14)24-19(22)18(17)26-20/h3-5,7,9,11,13H,6,8,10H2,1-2H3,(H2,22,24)(H,23,27)(H,25,26). The zero-order valence-electron chi connectivity index (χ0n) is 16.4. The highest BCUT2D eigenvalue weighted by atomic mass is 16.2. The minimum absolute atomic E-state index is 0.0110. The highest BCUT2D eigenvalue weighted by molar-refractivity contribution is 6.07. The van der Waals surface area contributed by atoms with Crippen LogP contribution in [-0.2, 0) is 4.79 Å². The van der Waals surface area contributed by atoms with Crippen molar-refractivity contribution in [3.63, 3.8) is 0 Å². The van der Waals surface area contributed by atoms with E-state index in [9.17, 15) is 4.79 Å². The van der Waals surface area contributed by atoms with Gasteiger partial charge in [-0.25, -0.2) is 9.97 Å². The van der Waals surface area contributed by atoms with Crippen molar-refractivity contribution in [2.75, 3.05) is 18.8 Å². The average molecular weight is 389 g/mol. The fourth-order valence-electron chi connectivity index (χ4n) is 4.11. The third kappa shape index (κ3) is 2.91. The molecule has 1 saturated heterocycles. The van der Waals surface area contributed by atoms with E-state index in [0.29, 0.717) is 17.9 Å². The number of anilines is 1. The molecule has 29 heavy (non-hydrogen) atoms. The van der Waals surface area contributed by atoms with Crippen molar-refractivity contribution in [3.8, 4) is 11.3 Å². The van der Waals surface area contributed by atoms with Crippen molar-refractivity contribution in [1.29, 1.82) is 0 Å². The maximum absolute atomic E-state index is 12.3. The van der Waals surface area contributed by atoms with Gasteiger partial charge in [-0.05, 0) is 24.6 Å². The molecule has 3 aromatic heterocycles. The number of nitrogens with one attached hydrogen (secondary N) is 2.